The molecular weight excluding hydrogens is 288 g/mol. The lowest BCUT2D eigenvalue weighted by molar-refractivity contribution is 0.0714. The van der Waals surface area contributed by atoms with E-state index < -0.39 is 5.60 Å². The van der Waals surface area contributed by atoms with Gasteiger partial charge in [-0.2, -0.15) is 4.98 Å². The van der Waals surface area contributed by atoms with E-state index in [1.54, 1.807) is 25.3 Å². The fraction of sp³-hybridized carbons (Fsp3) is 0.333. The van der Waals surface area contributed by atoms with Crippen molar-refractivity contribution in [3.05, 3.63) is 47.1 Å². The minimum atomic E-state index is -1.12. The third kappa shape index (κ3) is 3.83. The van der Waals surface area contributed by atoms with E-state index in [0.29, 0.717) is 16.5 Å². The molecule has 0 aliphatic rings. The van der Waals surface area contributed by atoms with Crippen LogP contribution in [0.25, 0.3) is 0 Å². The van der Waals surface area contributed by atoms with Crippen molar-refractivity contribution in [1.29, 1.82) is 0 Å². The number of benzene rings is 1. The molecule has 0 saturated carbocycles. The molecule has 0 aliphatic carbocycles. The predicted molar refractivity (Wildman–Crippen MR) is 85.9 cm³/mol. The van der Waals surface area contributed by atoms with Crippen molar-refractivity contribution >= 4 is 23.4 Å². The average molecular weight is 307 g/mol. The molecule has 1 heterocycles. The summed E-state index contributed by atoms with van der Waals surface area (Å²) >= 11 is 6.13. The largest absolute Gasteiger partial charge is 0.384 e. The molecule has 2 N–H and O–H groups in total. The van der Waals surface area contributed by atoms with Crippen LogP contribution < -0.4 is 10.2 Å². The number of nitrogens with zero attached hydrogens (tertiary/aromatic N) is 3. The lowest BCUT2D eigenvalue weighted by Gasteiger charge is -2.25. The third-order valence-corrected chi connectivity index (χ3v) is 3.47. The van der Waals surface area contributed by atoms with Crippen LogP contribution in [0, 0.1) is 0 Å². The number of hydrogen-bond donors (Lipinski definition) is 2. The fourth-order valence-electron chi connectivity index (χ4n) is 1.93. The van der Waals surface area contributed by atoms with E-state index in [2.05, 4.69) is 15.3 Å². The first-order valence-electron chi connectivity index (χ1n) is 6.62. The Balaban J connectivity index is 2.12. The highest BCUT2D eigenvalue weighted by atomic mass is 35.5. The zero-order valence-corrected chi connectivity index (χ0v) is 13.1. The Labute approximate surface area is 129 Å². The molecule has 1 atom stereocenters. The van der Waals surface area contributed by atoms with Gasteiger partial charge in [0.05, 0.1) is 6.54 Å². The van der Waals surface area contributed by atoms with Crippen molar-refractivity contribution in [2.45, 2.75) is 12.5 Å². The van der Waals surface area contributed by atoms with Gasteiger partial charge in [0.1, 0.15) is 11.4 Å². The molecular formula is C15H19ClN4O. The highest BCUT2D eigenvalue weighted by molar-refractivity contribution is 6.31. The Morgan fingerprint density at radius 3 is 2.67 bits per heavy atom. The van der Waals surface area contributed by atoms with Gasteiger partial charge in [-0.3, -0.25) is 0 Å². The molecule has 6 heteroatoms. The Bertz CT molecular complexity index is 616. The van der Waals surface area contributed by atoms with Gasteiger partial charge in [-0.15, -0.1) is 0 Å². The van der Waals surface area contributed by atoms with Gasteiger partial charge in [0, 0.05) is 30.9 Å². The van der Waals surface area contributed by atoms with Gasteiger partial charge in [-0.05, 0) is 19.1 Å². The van der Waals surface area contributed by atoms with Gasteiger partial charge in [0.2, 0.25) is 5.95 Å². The van der Waals surface area contributed by atoms with Crippen molar-refractivity contribution < 1.29 is 5.11 Å². The summed E-state index contributed by atoms with van der Waals surface area (Å²) in [5.74, 6) is 1.26. The molecule has 112 valence electrons. The van der Waals surface area contributed by atoms with Crippen molar-refractivity contribution in [2.75, 3.05) is 30.9 Å². The number of aliphatic hydroxyl groups is 1. The van der Waals surface area contributed by atoms with Crippen LogP contribution in [0.4, 0.5) is 11.8 Å². The molecule has 0 saturated heterocycles. The first-order chi connectivity index (χ1) is 9.90. The van der Waals surface area contributed by atoms with E-state index in [-0.39, 0.29) is 6.54 Å². The number of hydrogen-bond acceptors (Lipinski definition) is 5. The molecule has 21 heavy (non-hydrogen) atoms. The van der Waals surface area contributed by atoms with E-state index in [9.17, 15) is 5.11 Å². The summed E-state index contributed by atoms with van der Waals surface area (Å²) in [6.45, 7) is 1.96. The van der Waals surface area contributed by atoms with Crippen LogP contribution in [0.5, 0.6) is 0 Å². The molecule has 2 rings (SSSR count). The molecule has 1 aromatic carbocycles. The Hall–Kier alpha value is -1.85. The first-order valence-corrected chi connectivity index (χ1v) is 6.99. The van der Waals surface area contributed by atoms with Crippen LogP contribution in [0.1, 0.15) is 12.5 Å². The molecule has 0 bridgehead atoms. The fourth-order valence-corrected chi connectivity index (χ4v) is 2.27. The standard InChI is InChI=1S/C15H19ClN4O/c1-15(21,11-6-4-5-7-12(11)16)10-18-14-17-9-8-13(19-14)20(2)3/h4-9,21H,10H2,1-3H3,(H,17,18,19). The minimum Gasteiger partial charge on any atom is -0.384 e. The van der Waals surface area contributed by atoms with Gasteiger partial charge in [-0.25, -0.2) is 4.98 Å². The van der Waals surface area contributed by atoms with Gasteiger partial charge in [-0.1, -0.05) is 29.8 Å². The number of aromatic nitrogens is 2. The molecule has 0 aliphatic heterocycles. The summed E-state index contributed by atoms with van der Waals surface area (Å²) in [4.78, 5) is 10.4. The predicted octanol–water partition coefficient (Wildman–Crippen LogP) is 2.52. The first kappa shape index (κ1) is 15.5. The highest BCUT2D eigenvalue weighted by Gasteiger charge is 2.25. The number of nitrogens with one attached hydrogen (secondary N) is 1. The normalized spacial score (nSPS) is 13.6. The SMILES string of the molecule is CN(C)c1ccnc(NCC(C)(O)c2ccccc2Cl)n1. The molecule has 1 aromatic heterocycles. The second kappa shape index (κ2) is 6.28. The van der Waals surface area contributed by atoms with Crippen LogP contribution >= 0.6 is 11.6 Å². The highest BCUT2D eigenvalue weighted by Crippen LogP contribution is 2.27. The topological polar surface area (TPSA) is 61.3 Å². The quantitative estimate of drug-likeness (QED) is 0.889. The van der Waals surface area contributed by atoms with Crippen LogP contribution in [0.15, 0.2) is 36.5 Å². The Morgan fingerprint density at radius 1 is 1.29 bits per heavy atom. The van der Waals surface area contributed by atoms with Gasteiger partial charge >= 0.3 is 0 Å². The molecule has 0 spiro atoms. The van der Waals surface area contributed by atoms with Crippen molar-refractivity contribution in [1.82, 2.24) is 9.97 Å². The maximum atomic E-state index is 10.6. The van der Waals surface area contributed by atoms with Crippen molar-refractivity contribution in [3.63, 3.8) is 0 Å². The van der Waals surface area contributed by atoms with Crippen LogP contribution in [0.2, 0.25) is 5.02 Å². The monoisotopic (exact) mass is 306 g/mol. The van der Waals surface area contributed by atoms with E-state index in [4.69, 9.17) is 11.6 Å². The average Bonchev–Trinajstić information content (AvgIpc) is 2.46. The lowest BCUT2D eigenvalue weighted by Crippen LogP contribution is -2.31. The summed E-state index contributed by atoms with van der Waals surface area (Å²) in [5.41, 5.74) is -0.446. The zero-order valence-electron chi connectivity index (χ0n) is 12.3. The Kier molecular flexibility index (Phi) is 4.65. The van der Waals surface area contributed by atoms with Crippen LogP contribution in [-0.4, -0.2) is 35.7 Å². The molecule has 0 fully saturated rings. The van der Waals surface area contributed by atoms with E-state index in [1.165, 1.54) is 0 Å². The lowest BCUT2D eigenvalue weighted by atomic mass is 9.96. The van der Waals surface area contributed by atoms with Crippen LogP contribution in [-0.2, 0) is 5.60 Å². The van der Waals surface area contributed by atoms with E-state index >= 15 is 0 Å². The van der Waals surface area contributed by atoms with Crippen molar-refractivity contribution in [2.24, 2.45) is 0 Å². The summed E-state index contributed by atoms with van der Waals surface area (Å²) in [7, 11) is 3.82. The summed E-state index contributed by atoms with van der Waals surface area (Å²) in [5, 5.41) is 14.2. The van der Waals surface area contributed by atoms with Gasteiger partial charge in [0.15, 0.2) is 0 Å². The number of halogens is 1. The molecule has 0 amide bonds. The molecule has 2 aromatic rings. The second-order valence-corrected chi connectivity index (χ2v) is 5.65. The maximum Gasteiger partial charge on any atom is 0.224 e. The van der Waals surface area contributed by atoms with Crippen molar-refractivity contribution in [3.8, 4) is 0 Å². The van der Waals surface area contributed by atoms with Crippen LogP contribution in [0.3, 0.4) is 0 Å². The van der Waals surface area contributed by atoms with Gasteiger partial charge in [0.25, 0.3) is 0 Å². The molecule has 5 nitrogen and oxygen atoms in total. The zero-order chi connectivity index (χ0) is 15.5. The third-order valence-electron chi connectivity index (χ3n) is 3.14. The second-order valence-electron chi connectivity index (χ2n) is 5.24. The van der Waals surface area contributed by atoms with E-state index in [1.807, 2.05) is 37.2 Å². The Morgan fingerprint density at radius 2 is 2.00 bits per heavy atom. The minimum absolute atomic E-state index is 0.258. The summed E-state index contributed by atoms with van der Waals surface area (Å²) in [6, 6.07) is 9.06. The molecule has 1 unspecified atom stereocenters. The number of rotatable bonds is 5. The summed E-state index contributed by atoms with van der Waals surface area (Å²) < 4.78 is 0. The number of anilines is 2. The van der Waals surface area contributed by atoms with Gasteiger partial charge < -0.3 is 15.3 Å². The summed E-state index contributed by atoms with van der Waals surface area (Å²) in [6.07, 6.45) is 1.68. The smallest absolute Gasteiger partial charge is 0.224 e. The maximum absolute atomic E-state index is 10.6. The molecule has 0 radical (unpaired) electrons. The van der Waals surface area contributed by atoms with E-state index in [0.717, 1.165) is 5.82 Å².